The predicted molar refractivity (Wildman–Crippen MR) is 60.2 cm³/mol. The smallest absolute Gasteiger partial charge is 0.303 e. The van der Waals surface area contributed by atoms with Crippen LogP contribution < -0.4 is 5.73 Å². The monoisotopic (exact) mass is 223 g/mol. The molecule has 0 unspecified atom stereocenters. The molecule has 1 aliphatic rings. The molecule has 0 aromatic carbocycles. The zero-order chi connectivity index (χ0) is 11.7. The van der Waals surface area contributed by atoms with Gasteiger partial charge in [0, 0.05) is 24.9 Å². The quantitative estimate of drug-likeness (QED) is 0.805. The number of aliphatic carboxylic acids is 1. The number of rotatable bonds is 4. The van der Waals surface area contributed by atoms with Gasteiger partial charge >= 0.3 is 5.97 Å². The van der Waals surface area contributed by atoms with Gasteiger partial charge in [-0.15, -0.1) is 0 Å². The van der Waals surface area contributed by atoms with Crippen molar-refractivity contribution in [2.24, 2.45) is 7.05 Å². The van der Waals surface area contributed by atoms with Crippen molar-refractivity contribution in [3.8, 4) is 0 Å². The Kier molecular flexibility index (Phi) is 2.85. The molecular weight excluding hydrogens is 206 g/mol. The summed E-state index contributed by atoms with van der Waals surface area (Å²) in [7, 11) is 1.81. The summed E-state index contributed by atoms with van der Waals surface area (Å²) in [6.45, 7) is 0. The molecule has 0 aliphatic heterocycles. The standard InChI is InChI=1S/C11H17N3O2/c1-14-11(12)8(5-6-9(15)16)10(13-14)7-3-2-4-7/h7H,2-6,12H2,1H3,(H,15,16). The summed E-state index contributed by atoms with van der Waals surface area (Å²) in [5, 5.41) is 13.1. The van der Waals surface area contributed by atoms with Crippen LogP contribution in [0.15, 0.2) is 0 Å². The lowest BCUT2D eigenvalue weighted by Gasteiger charge is -2.24. The molecule has 2 rings (SSSR count). The summed E-state index contributed by atoms with van der Waals surface area (Å²) in [4.78, 5) is 10.6. The van der Waals surface area contributed by atoms with Gasteiger partial charge in [0.25, 0.3) is 0 Å². The Bertz CT molecular complexity index is 408. The Morgan fingerprint density at radius 1 is 1.62 bits per heavy atom. The average molecular weight is 223 g/mol. The third-order valence-corrected chi connectivity index (χ3v) is 3.31. The fourth-order valence-electron chi connectivity index (χ4n) is 2.10. The Balaban J connectivity index is 2.21. The van der Waals surface area contributed by atoms with Gasteiger partial charge in [0.15, 0.2) is 0 Å². The van der Waals surface area contributed by atoms with Gasteiger partial charge in [-0.1, -0.05) is 6.42 Å². The van der Waals surface area contributed by atoms with Crippen molar-refractivity contribution < 1.29 is 9.90 Å². The van der Waals surface area contributed by atoms with E-state index in [0.717, 1.165) is 24.1 Å². The maximum atomic E-state index is 10.6. The third kappa shape index (κ3) is 1.89. The van der Waals surface area contributed by atoms with Gasteiger partial charge in [-0.3, -0.25) is 9.48 Å². The SMILES string of the molecule is Cn1nc(C2CCC2)c(CCC(=O)O)c1N. The maximum absolute atomic E-state index is 10.6. The molecule has 1 heterocycles. The van der Waals surface area contributed by atoms with Crippen molar-refractivity contribution in [2.75, 3.05) is 5.73 Å². The summed E-state index contributed by atoms with van der Waals surface area (Å²) < 4.78 is 1.66. The van der Waals surface area contributed by atoms with Gasteiger partial charge < -0.3 is 10.8 Å². The van der Waals surface area contributed by atoms with Crippen LogP contribution in [0.25, 0.3) is 0 Å². The molecule has 1 saturated carbocycles. The molecule has 5 nitrogen and oxygen atoms in total. The first-order valence-corrected chi connectivity index (χ1v) is 5.62. The van der Waals surface area contributed by atoms with Crippen LogP contribution in [0.2, 0.25) is 0 Å². The second-order valence-electron chi connectivity index (χ2n) is 4.39. The number of anilines is 1. The molecule has 88 valence electrons. The predicted octanol–water partition coefficient (Wildman–Crippen LogP) is 1.29. The second kappa shape index (κ2) is 4.15. The maximum Gasteiger partial charge on any atom is 0.303 e. The number of aromatic nitrogens is 2. The average Bonchev–Trinajstić information content (AvgIpc) is 2.38. The highest BCUT2D eigenvalue weighted by Gasteiger charge is 2.27. The number of nitrogen functional groups attached to an aromatic ring is 1. The van der Waals surface area contributed by atoms with Crippen LogP contribution in [0.1, 0.15) is 42.9 Å². The summed E-state index contributed by atoms with van der Waals surface area (Å²) >= 11 is 0. The van der Waals surface area contributed by atoms with Crippen LogP contribution >= 0.6 is 0 Å². The number of nitrogens with zero attached hydrogens (tertiary/aromatic N) is 2. The summed E-state index contributed by atoms with van der Waals surface area (Å²) in [5.41, 5.74) is 7.87. The van der Waals surface area contributed by atoms with Crippen LogP contribution in [-0.4, -0.2) is 20.9 Å². The fraction of sp³-hybridized carbons (Fsp3) is 0.636. The number of hydrogen-bond acceptors (Lipinski definition) is 3. The lowest BCUT2D eigenvalue weighted by atomic mass is 9.81. The molecule has 0 spiro atoms. The molecule has 1 aromatic heterocycles. The molecule has 1 aromatic rings. The first-order chi connectivity index (χ1) is 7.59. The van der Waals surface area contributed by atoms with E-state index in [1.807, 2.05) is 7.05 Å². The topological polar surface area (TPSA) is 81.1 Å². The largest absolute Gasteiger partial charge is 0.481 e. The Hall–Kier alpha value is -1.52. The van der Waals surface area contributed by atoms with Gasteiger partial charge in [0.05, 0.1) is 5.69 Å². The molecule has 0 radical (unpaired) electrons. The highest BCUT2D eigenvalue weighted by Crippen LogP contribution is 2.38. The van der Waals surface area contributed by atoms with Crippen LogP contribution in [-0.2, 0) is 18.3 Å². The minimum atomic E-state index is -0.789. The van der Waals surface area contributed by atoms with Crippen LogP contribution in [0.4, 0.5) is 5.82 Å². The number of aryl methyl sites for hydroxylation is 1. The highest BCUT2D eigenvalue weighted by molar-refractivity contribution is 5.67. The van der Waals surface area contributed by atoms with E-state index in [2.05, 4.69) is 5.10 Å². The Morgan fingerprint density at radius 3 is 2.81 bits per heavy atom. The Morgan fingerprint density at radius 2 is 2.31 bits per heavy atom. The van der Waals surface area contributed by atoms with E-state index in [4.69, 9.17) is 10.8 Å². The first kappa shape index (κ1) is 11.0. The Labute approximate surface area is 94.2 Å². The van der Waals surface area contributed by atoms with Gasteiger partial charge in [-0.2, -0.15) is 5.10 Å². The lowest BCUT2D eigenvalue weighted by molar-refractivity contribution is -0.136. The number of carboxylic acid groups (broad SMARTS) is 1. The molecule has 0 bridgehead atoms. The van der Waals surface area contributed by atoms with E-state index in [0.29, 0.717) is 18.2 Å². The normalized spacial score (nSPS) is 16.1. The molecule has 5 heteroatoms. The van der Waals surface area contributed by atoms with Crippen molar-refractivity contribution in [3.63, 3.8) is 0 Å². The number of carboxylic acids is 1. The first-order valence-electron chi connectivity index (χ1n) is 5.62. The fourth-order valence-corrected chi connectivity index (χ4v) is 2.10. The van der Waals surface area contributed by atoms with E-state index in [9.17, 15) is 4.79 Å². The summed E-state index contributed by atoms with van der Waals surface area (Å²) in [6, 6.07) is 0. The highest BCUT2D eigenvalue weighted by atomic mass is 16.4. The van der Waals surface area contributed by atoms with E-state index in [1.54, 1.807) is 4.68 Å². The van der Waals surface area contributed by atoms with Crippen molar-refractivity contribution in [1.82, 2.24) is 9.78 Å². The van der Waals surface area contributed by atoms with Crippen molar-refractivity contribution in [1.29, 1.82) is 0 Å². The van der Waals surface area contributed by atoms with Crippen LogP contribution in [0, 0.1) is 0 Å². The molecule has 3 N–H and O–H groups in total. The van der Waals surface area contributed by atoms with Crippen molar-refractivity contribution in [2.45, 2.75) is 38.0 Å². The minimum Gasteiger partial charge on any atom is -0.481 e. The number of carbonyl (C=O) groups is 1. The van der Waals surface area contributed by atoms with Crippen LogP contribution in [0.5, 0.6) is 0 Å². The van der Waals surface area contributed by atoms with Gasteiger partial charge in [0.1, 0.15) is 5.82 Å². The second-order valence-corrected chi connectivity index (χ2v) is 4.39. The zero-order valence-corrected chi connectivity index (χ0v) is 9.44. The van der Waals surface area contributed by atoms with Gasteiger partial charge in [-0.25, -0.2) is 0 Å². The number of hydrogen-bond donors (Lipinski definition) is 2. The van der Waals surface area contributed by atoms with Crippen LogP contribution in [0.3, 0.4) is 0 Å². The zero-order valence-electron chi connectivity index (χ0n) is 9.44. The van der Waals surface area contributed by atoms with E-state index < -0.39 is 5.97 Å². The van der Waals surface area contributed by atoms with Gasteiger partial charge in [-0.05, 0) is 19.3 Å². The molecule has 1 fully saturated rings. The minimum absolute atomic E-state index is 0.121. The third-order valence-electron chi connectivity index (χ3n) is 3.31. The molecule has 0 atom stereocenters. The number of nitrogens with two attached hydrogens (primary N) is 1. The lowest BCUT2D eigenvalue weighted by Crippen LogP contribution is -2.12. The van der Waals surface area contributed by atoms with Crippen molar-refractivity contribution in [3.05, 3.63) is 11.3 Å². The molecule has 0 amide bonds. The molecular formula is C11H17N3O2. The van der Waals surface area contributed by atoms with Gasteiger partial charge in [0.2, 0.25) is 0 Å². The molecule has 1 aliphatic carbocycles. The summed E-state index contributed by atoms with van der Waals surface area (Å²) in [5.74, 6) is 0.318. The van der Waals surface area contributed by atoms with E-state index >= 15 is 0 Å². The summed E-state index contributed by atoms with van der Waals surface area (Å²) in [6.07, 6.45) is 4.14. The van der Waals surface area contributed by atoms with E-state index in [1.165, 1.54) is 6.42 Å². The van der Waals surface area contributed by atoms with Crippen molar-refractivity contribution >= 4 is 11.8 Å². The van der Waals surface area contributed by atoms with E-state index in [-0.39, 0.29) is 6.42 Å². The molecule has 0 saturated heterocycles. The molecule has 16 heavy (non-hydrogen) atoms.